The Balaban J connectivity index is 1.33. The summed E-state index contributed by atoms with van der Waals surface area (Å²) in [6.07, 6.45) is 2.20. The van der Waals surface area contributed by atoms with Crippen molar-refractivity contribution >= 4 is 17.3 Å². The molecule has 1 aliphatic heterocycles. The fourth-order valence-electron chi connectivity index (χ4n) is 4.22. The van der Waals surface area contributed by atoms with E-state index in [1.807, 2.05) is 24.3 Å². The molecule has 32 heavy (non-hydrogen) atoms. The van der Waals surface area contributed by atoms with Gasteiger partial charge in [-0.3, -0.25) is 4.79 Å². The second-order valence-electron chi connectivity index (χ2n) is 8.27. The minimum Gasteiger partial charge on any atom is -0.496 e. The minimum absolute atomic E-state index is 0.168. The molecule has 1 saturated heterocycles. The van der Waals surface area contributed by atoms with Crippen LogP contribution >= 0.6 is 0 Å². The molecule has 3 aromatic rings. The lowest BCUT2D eigenvalue weighted by molar-refractivity contribution is 0.102. The maximum atomic E-state index is 12.7. The van der Waals surface area contributed by atoms with E-state index in [1.165, 1.54) is 11.1 Å². The summed E-state index contributed by atoms with van der Waals surface area (Å²) in [6, 6.07) is 24.4. The first-order valence-electron chi connectivity index (χ1n) is 11.2. The molecule has 1 fully saturated rings. The van der Waals surface area contributed by atoms with Gasteiger partial charge in [0.2, 0.25) is 0 Å². The van der Waals surface area contributed by atoms with Gasteiger partial charge in [0.15, 0.2) is 0 Å². The molecule has 0 saturated carbocycles. The number of carbonyl (C=O) groups is 1. The van der Waals surface area contributed by atoms with Gasteiger partial charge in [0.05, 0.1) is 12.7 Å². The highest BCUT2D eigenvalue weighted by Gasteiger charge is 2.20. The average molecular weight is 430 g/mol. The molecule has 166 valence electrons. The maximum Gasteiger partial charge on any atom is 0.259 e. The molecule has 0 radical (unpaired) electrons. The Bertz CT molecular complexity index is 1060. The molecule has 0 bridgehead atoms. The third-order valence-electron chi connectivity index (χ3n) is 6.16. The van der Waals surface area contributed by atoms with Crippen LogP contribution in [-0.4, -0.2) is 32.1 Å². The van der Waals surface area contributed by atoms with Crippen molar-refractivity contribution in [3.05, 3.63) is 89.5 Å². The van der Waals surface area contributed by atoms with Crippen LogP contribution < -0.4 is 20.3 Å². The molecule has 1 amide bonds. The molecule has 0 aromatic heterocycles. The molecule has 0 spiro atoms. The summed E-state index contributed by atoms with van der Waals surface area (Å²) in [5.41, 5.74) is 5.16. The van der Waals surface area contributed by atoms with Crippen molar-refractivity contribution in [1.29, 1.82) is 0 Å². The third-order valence-corrected chi connectivity index (χ3v) is 6.16. The van der Waals surface area contributed by atoms with Crippen LogP contribution in [0, 0.1) is 6.92 Å². The number of aryl methyl sites for hydroxylation is 1. The van der Waals surface area contributed by atoms with E-state index in [2.05, 4.69) is 58.9 Å². The van der Waals surface area contributed by atoms with Gasteiger partial charge in [-0.25, -0.2) is 0 Å². The zero-order valence-electron chi connectivity index (χ0n) is 18.8. The van der Waals surface area contributed by atoms with Crippen LogP contribution in [0.4, 0.5) is 11.4 Å². The first-order chi connectivity index (χ1) is 15.6. The van der Waals surface area contributed by atoms with Crippen LogP contribution in [0.5, 0.6) is 5.75 Å². The molecule has 3 aromatic carbocycles. The van der Waals surface area contributed by atoms with E-state index in [1.54, 1.807) is 19.2 Å². The lowest BCUT2D eigenvalue weighted by Crippen LogP contribution is -2.42. The molecule has 4 rings (SSSR count). The summed E-state index contributed by atoms with van der Waals surface area (Å²) in [5.74, 6) is 0.403. The Morgan fingerprint density at radius 3 is 2.53 bits per heavy atom. The number of methoxy groups -OCH3 is 1. The molecule has 2 N–H and O–H groups in total. The van der Waals surface area contributed by atoms with E-state index in [-0.39, 0.29) is 5.91 Å². The van der Waals surface area contributed by atoms with Crippen molar-refractivity contribution in [3.63, 3.8) is 0 Å². The van der Waals surface area contributed by atoms with E-state index >= 15 is 0 Å². The Labute approximate surface area is 190 Å². The number of benzene rings is 3. The average Bonchev–Trinajstić information content (AvgIpc) is 2.84. The number of piperidine rings is 1. The van der Waals surface area contributed by atoms with Crippen molar-refractivity contribution in [3.8, 4) is 5.75 Å². The number of carbonyl (C=O) groups excluding carboxylic acids is 1. The number of rotatable bonds is 7. The summed E-state index contributed by atoms with van der Waals surface area (Å²) < 4.78 is 5.31. The summed E-state index contributed by atoms with van der Waals surface area (Å²) in [4.78, 5) is 15.1. The fraction of sp³-hybridized carbons (Fsp3) is 0.296. The van der Waals surface area contributed by atoms with Gasteiger partial charge in [0.25, 0.3) is 5.91 Å². The number of hydrogen-bond acceptors (Lipinski definition) is 4. The molecular weight excluding hydrogens is 398 g/mol. The number of nitrogens with zero attached hydrogens (tertiary/aromatic N) is 1. The van der Waals surface area contributed by atoms with E-state index < -0.39 is 0 Å². The summed E-state index contributed by atoms with van der Waals surface area (Å²) in [5, 5.41) is 6.73. The monoisotopic (exact) mass is 429 g/mol. The van der Waals surface area contributed by atoms with E-state index in [0.717, 1.165) is 43.9 Å². The maximum absolute atomic E-state index is 12.7. The van der Waals surface area contributed by atoms with Crippen LogP contribution in [-0.2, 0) is 6.54 Å². The summed E-state index contributed by atoms with van der Waals surface area (Å²) >= 11 is 0. The van der Waals surface area contributed by atoms with Crippen LogP contribution in [0.2, 0.25) is 0 Å². The molecule has 0 aliphatic carbocycles. The van der Waals surface area contributed by atoms with Gasteiger partial charge < -0.3 is 20.3 Å². The van der Waals surface area contributed by atoms with Crippen LogP contribution in [0.3, 0.4) is 0 Å². The van der Waals surface area contributed by atoms with Crippen molar-refractivity contribution in [2.24, 2.45) is 0 Å². The van der Waals surface area contributed by atoms with Gasteiger partial charge in [0, 0.05) is 37.1 Å². The molecule has 1 heterocycles. The largest absolute Gasteiger partial charge is 0.496 e. The first-order valence-corrected chi connectivity index (χ1v) is 11.2. The molecular formula is C27H31N3O2. The number of para-hydroxylation sites is 1. The summed E-state index contributed by atoms with van der Waals surface area (Å²) in [7, 11) is 1.58. The number of anilines is 2. The smallest absolute Gasteiger partial charge is 0.259 e. The minimum atomic E-state index is -0.168. The quantitative estimate of drug-likeness (QED) is 0.554. The second-order valence-corrected chi connectivity index (χ2v) is 8.27. The van der Waals surface area contributed by atoms with E-state index in [0.29, 0.717) is 17.4 Å². The number of hydrogen-bond donors (Lipinski definition) is 2. The van der Waals surface area contributed by atoms with Gasteiger partial charge >= 0.3 is 0 Å². The topological polar surface area (TPSA) is 53.6 Å². The highest BCUT2D eigenvalue weighted by molar-refractivity contribution is 6.06. The molecule has 0 unspecified atom stereocenters. The fourth-order valence-corrected chi connectivity index (χ4v) is 4.22. The van der Waals surface area contributed by atoms with Crippen molar-refractivity contribution in [2.75, 3.05) is 30.4 Å². The molecule has 5 nitrogen and oxygen atoms in total. The molecule has 1 aliphatic rings. The summed E-state index contributed by atoms with van der Waals surface area (Å²) in [6.45, 7) is 5.08. The van der Waals surface area contributed by atoms with Crippen LogP contribution in [0.1, 0.15) is 34.3 Å². The Kier molecular flexibility index (Phi) is 7.07. The van der Waals surface area contributed by atoms with Gasteiger partial charge in [-0.1, -0.05) is 42.5 Å². The number of amides is 1. The van der Waals surface area contributed by atoms with Crippen LogP contribution in [0.25, 0.3) is 0 Å². The molecule has 5 heteroatoms. The number of ether oxygens (including phenoxy) is 1. The van der Waals surface area contributed by atoms with Crippen LogP contribution in [0.15, 0.2) is 72.8 Å². The van der Waals surface area contributed by atoms with Crippen molar-refractivity contribution < 1.29 is 9.53 Å². The highest BCUT2D eigenvalue weighted by atomic mass is 16.5. The standard InChI is InChI=1S/C27H31N3O2/c1-20-8-3-4-9-21(20)19-28-22-14-16-30(17-15-22)24-11-7-10-23(18-24)29-27(31)25-12-5-6-13-26(25)32-2/h3-13,18,22,28H,14-17,19H2,1-2H3,(H,29,31). The zero-order valence-corrected chi connectivity index (χ0v) is 18.8. The van der Waals surface area contributed by atoms with E-state index in [9.17, 15) is 4.79 Å². The Hall–Kier alpha value is -3.31. The van der Waals surface area contributed by atoms with Crippen molar-refractivity contribution in [1.82, 2.24) is 5.32 Å². The Morgan fingerprint density at radius 1 is 1.00 bits per heavy atom. The van der Waals surface area contributed by atoms with Gasteiger partial charge in [-0.05, 0) is 61.2 Å². The third kappa shape index (κ3) is 5.29. The number of nitrogens with one attached hydrogen (secondary N) is 2. The predicted molar refractivity (Wildman–Crippen MR) is 131 cm³/mol. The first kappa shape index (κ1) is 21.9. The van der Waals surface area contributed by atoms with Gasteiger partial charge in [-0.2, -0.15) is 0 Å². The van der Waals surface area contributed by atoms with Crippen molar-refractivity contribution in [2.45, 2.75) is 32.4 Å². The molecule has 0 atom stereocenters. The SMILES string of the molecule is COc1ccccc1C(=O)Nc1cccc(N2CCC(NCc3ccccc3C)CC2)c1. The van der Waals surface area contributed by atoms with Gasteiger partial charge in [0.1, 0.15) is 5.75 Å². The normalized spacial score (nSPS) is 14.2. The Morgan fingerprint density at radius 2 is 1.75 bits per heavy atom. The second kappa shape index (κ2) is 10.3. The predicted octanol–water partition coefficient (Wildman–Crippen LogP) is 5.01. The highest BCUT2D eigenvalue weighted by Crippen LogP contribution is 2.25. The lowest BCUT2D eigenvalue weighted by atomic mass is 10.0. The lowest BCUT2D eigenvalue weighted by Gasteiger charge is -2.34. The zero-order chi connectivity index (χ0) is 22.3. The van der Waals surface area contributed by atoms with Gasteiger partial charge in [-0.15, -0.1) is 0 Å². The van der Waals surface area contributed by atoms with E-state index in [4.69, 9.17) is 4.74 Å².